The predicted octanol–water partition coefficient (Wildman–Crippen LogP) is 1.33. The van der Waals surface area contributed by atoms with Crippen LogP contribution in [0.1, 0.15) is 38.6 Å². The second-order valence-corrected chi connectivity index (χ2v) is 5.10. The number of nitrogens with zero attached hydrogens (tertiary/aromatic N) is 2. The summed E-state index contributed by atoms with van der Waals surface area (Å²) in [5.41, 5.74) is 0. The van der Waals surface area contributed by atoms with Gasteiger partial charge in [0.15, 0.2) is 0 Å². The molecule has 1 aromatic heterocycles. The molecule has 0 aromatic carbocycles. The number of aromatic nitrogens is 2. The van der Waals surface area contributed by atoms with Crippen LogP contribution in [0.15, 0.2) is 4.52 Å². The molecule has 1 aliphatic heterocycles. The lowest BCUT2D eigenvalue weighted by atomic mass is 10.1. The maximum Gasteiger partial charge on any atom is 0.228 e. The fourth-order valence-corrected chi connectivity index (χ4v) is 2.17. The van der Waals surface area contributed by atoms with Gasteiger partial charge < -0.3 is 19.3 Å². The molecule has 1 N–H and O–H groups in total. The highest BCUT2D eigenvalue weighted by molar-refractivity contribution is 4.95. The van der Waals surface area contributed by atoms with Gasteiger partial charge in [-0.25, -0.2) is 0 Å². The Hall–Kier alpha value is -0.980. The van der Waals surface area contributed by atoms with Crippen LogP contribution < -0.4 is 5.32 Å². The van der Waals surface area contributed by atoms with Crippen LogP contribution in [0.25, 0.3) is 0 Å². The summed E-state index contributed by atoms with van der Waals surface area (Å²) >= 11 is 0. The van der Waals surface area contributed by atoms with Gasteiger partial charge in [0.05, 0.1) is 13.2 Å². The number of nitrogens with one attached hydrogen (secondary N) is 1. The first-order chi connectivity index (χ1) is 9.20. The fourth-order valence-electron chi connectivity index (χ4n) is 2.17. The highest BCUT2D eigenvalue weighted by Crippen LogP contribution is 2.23. The quantitative estimate of drug-likeness (QED) is 0.840. The molecule has 2 atom stereocenters. The third-order valence-corrected chi connectivity index (χ3v) is 3.11. The van der Waals surface area contributed by atoms with Gasteiger partial charge in [0.2, 0.25) is 11.7 Å². The lowest BCUT2D eigenvalue weighted by molar-refractivity contribution is 0.0217. The summed E-state index contributed by atoms with van der Waals surface area (Å²) < 4.78 is 16.4. The summed E-state index contributed by atoms with van der Waals surface area (Å²) in [6.07, 6.45) is 0.599. The number of hydrogen-bond acceptors (Lipinski definition) is 6. The third-order valence-electron chi connectivity index (χ3n) is 3.11. The van der Waals surface area contributed by atoms with E-state index in [-0.39, 0.29) is 12.1 Å². The van der Waals surface area contributed by atoms with E-state index in [1.165, 1.54) is 0 Å². The zero-order valence-corrected chi connectivity index (χ0v) is 11.9. The first-order valence-corrected chi connectivity index (χ1v) is 6.96. The first-order valence-electron chi connectivity index (χ1n) is 6.96. The second-order valence-electron chi connectivity index (χ2n) is 5.10. The van der Waals surface area contributed by atoms with E-state index in [2.05, 4.69) is 29.3 Å². The van der Waals surface area contributed by atoms with Crippen molar-refractivity contribution in [1.29, 1.82) is 0 Å². The molecule has 1 saturated heterocycles. The van der Waals surface area contributed by atoms with Crippen LogP contribution >= 0.6 is 0 Å². The summed E-state index contributed by atoms with van der Waals surface area (Å²) in [5, 5.41) is 7.41. The van der Waals surface area contributed by atoms with Crippen molar-refractivity contribution in [1.82, 2.24) is 15.5 Å². The monoisotopic (exact) mass is 269 g/mol. The Morgan fingerprint density at radius 3 is 2.95 bits per heavy atom. The number of hydrogen-bond donors (Lipinski definition) is 1. The highest BCUT2D eigenvalue weighted by Gasteiger charge is 2.23. The van der Waals surface area contributed by atoms with E-state index in [1.807, 2.05) is 6.92 Å². The summed E-state index contributed by atoms with van der Waals surface area (Å²) in [6.45, 7) is 9.13. The molecule has 0 spiro atoms. The van der Waals surface area contributed by atoms with Crippen LogP contribution in [0.4, 0.5) is 0 Å². The zero-order chi connectivity index (χ0) is 13.7. The highest BCUT2D eigenvalue weighted by atomic mass is 16.5. The second kappa shape index (κ2) is 6.98. The minimum Gasteiger partial charge on any atom is -0.378 e. The van der Waals surface area contributed by atoms with E-state index in [9.17, 15) is 0 Å². The predicted molar refractivity (Wildman–Crippen MR) is 69.8 cm³/mol. The molecule has 0 aliphatic carbocycles. The van der Waals surface area contributed by atoms with Gasteiger partial charge in [0, 0.05) is 25.6 Å². The minimum absolute atomic E-state index is 0.0990. The van der Waals surface area contributed by atoms with E-state index in [4.69, 9.17) is 14.0 Å². The molecule has 19 heavy (non-hydrogen) atoms. The van der Waals surface area contributed by atoms with Gasteiger partial charge in [-0.2, -0.15) is 4.98 Å². The number of rotatable bonds is 6. The van der Waals surface area contributed by atoms with Gasteiger partial charge in [-0.3, -0.25) is 0 Å². The van der Waals surface area contributed by atoms with Crippen molar-refractivity contribution in [2.24, 2.45) is 5.92 Å². The molecular formula is C13H23N3O3. The standard InChI is InChI=1S/C13H23N3O3/c1-4-18-12(9(2)3)13-15-11(19-16-13)7-10-8-17-6-5-14-10/h9-10,12,14H,4-8H2,1-3H3. The Labute approximate surface area is 113 Å². The van der Waals surface area contributed by atoms with Gasteiger partial charge in [0.1, 0.15) is 6.10 Å². The van der Waals surface area contributed by atoms with Crippen molar-refractivity contribution in [3.05, 3.63) is 11.7 Å². The van der Waals surface area contributed by atoms with E-state index >= 15 is 0 Å². The summed E-state index contributed by atoms with van der Waals surface area (Å²) in [6, 6.07) is 0.256. The topological polar surface area (TPSA) is 69.4 Å². The molecule has 1 aliphatic rings. The molecular weight excluding hydrogens is 246 g/mol. The molecule has 108 valence electrons. The molecule has 0 saturated carbocycles. The lowest BCUT2D eigenvalue weighted by Gasteiger charge is -2.22. The summed E-state index contributed by atoms with van der Waals surface area (Å²) in [7, 11) is 0. The van der Waals surface area contributed by atoms with Crippen molar-refractivity contribution in [2.75, 3.05) is 26.4 Å². The molecule has 0 radical (unpaired) electrons. The Kier molecular flexibility index (Phi) is 5.30. The van der Waals surface area contributed by atoms with Gasteiger partial charge >= 0.3 is 0 Å². The Bertz CT molecular complexity index is 375. The molecule has 1 fully saturated rings. The molecule has 0 bridgehead atoms. The van der Waals surface area contributed by atoms with Crippen LogP contribution in [-0.4, -0.2) is 42.5 Å². The van der Waals surface area contributed by atoms with Crippen molar-refractivity contribution in [3.8, 4) is 0 Å². The Morgan fingerprint density at radius 2 is 2.32 bits per heavy atom. The molecule has 6 nitrogen and oxygen atoms in total. The number of morpholine rings is 1. The lowest BCUT2D eigenvalue weighted by Crippen LogP contribution is -2.42. The molecule has 1 aromatic rings. The van der Waals surface area contributed by atoms with Gasteiger partial charge in [-0.15, -0.1) is 0 Å². The van der Waals surface area contributed by atoms with Crippen LogP contribution in [0.3, 0.4) is 0 Å². The normalized spacial score (nSPS) is 21.8. The van der Waals surface area contributed by atoms with E-state index in [0.717, 1.165) is 13.2 Å². The fraction of sp³-hybridized carbons (Fsp3) is 0.846. The maximum atomic E-state index is 5.67. The summed E-state index contributed by atoms with van der Waals surface area (Å²) in [4.78, 5) is 4.45. The van der Waals surface area contributed by atoms with Gasteiger partial charge in [-0.1, -0.05) is 19.0 Å². The van der Waals surface area contributed by atoms with Gasteiger partial charge in [-0.05, 0) is 12.8 Å². The minimum atomic E-state index is -0.0990. The van der Waals surface area contributed by atoms with Crippen molar-refractivity contribution in [2.45, 2.75) is 39.3 Å². The van der Waals surface area contributed by atoms with E-state index in [0.29, 0.717) is 37.3 Å². The zero-order valence-electron chi connectivity index (χ0n) is 11.9. The van der Waals surface area contributed by atoms with Crippen molar-refractivity contribution >= 4 is 0 Å². The van der Waals surface area contributed by atoms with Crippen molar-refractivity contribution < 1.29 is 14.0 Å². The van der Waals surface area contributed by atoms with Crippen LogP contribution in [0, 0.1) is 5.92 Å². The Morgan fingerprint density at radius 1 is 1.47 bits per heavy atom. The Balaban J connectivity index is 1.96. The molecule has 2 unspecified atom stereocenters. The van der Waals surface area contributed by atoms with Gasteiger partial charge in [0.25, 0.3) is 0 Å². The molecule has 2 rings (SSSR count). The van der Waals surface area contributed by atoms with Crippen LogP contribution in [0.2, 0.25) is 0 Å². The van der Waals surface area contributed by atoms with E-state index in [1.54, 1.807) is 0 Å². The first kappa shape index (κ1) is 14.4. The average molecular weight is 269 g/mol. The van der Waals surface area contributed by atoms with E-state index < -0.39 is 0 Å². The average Bonchev–Trinajstić information content (AvgIpc) is 2.85. The number of ether oxygens (including phenoxy) is 2. The SMILES string of the molecule is CCOC(c1noc(CC2COCCN2)n1)C(C)C. The molecule has 6 heteroatoms. The third kappa shape index (κ3) is 3.99. The largest absolute Gasteiger partial charge is 0.378 e. The summed E-state index contributed by atoms with van der Waals surface area (Å²) in [5.74, 6) is 1.61. The maximum absolute atomic E-state index is 5.67. The van der Waals surface area contributed by atoms with Crippen LogP contribution in [-0.2, 0) is 15.9 Å². The van der Waals surface area contributed by atoms with Crippen molar-refractivity contribution in [3.63, 3.8) is 0 Å². The smallest absolute Gasteiger partial charge is 0.228 e. The molecule has 2 heterocycles. The molecule has 0 amide bonds. The van der Waals surface area contributed by atoms with Crippen LogP contribution in [0.5, 0.6) is 0 Å².